The Morgan fingerprint density at radius 3 is 2.67 bits per heavy atom. The topological polar surface area (TPSA) is 21.3 Å². The predicted molar refractivity (Wildman–Crippen MR) is 82.5 cm³/mol. The van der Waals surface area contributed by atoms with Crippen molar-refractivity contribution < 1.29 is 13.5 Å². The zero-order valence-electron chi connectivity index (χ0n) is 11.9. The quantitative estimate of drug-likeness (QED) is 0.764. The summed E-state index contributed by atoms with van der Waals surface area (Å²) in [5, 5.41) is 2.98. The van der Waals surface area contributed by atoms with E-state index in [2.05, 4.69) is 21.2 Å². The molecule has 21 heavy (non-hydrogen) atoms. The molecule has 1 heterocycles. The average Bonchev–Trinajstić information content (AvgIpc) is 2.85. The van der Waals surface area contributed by atoms with Crippen LogP contribution in [0.3, 0.4) is 0 Å². The number of benzene rings is 1. The first-order valence-electron chi connectivity index (χ1n) is 7.64. The van der Waals surface area contributed by atoms with E-state index in [0.29, 0.717) is 6.54 Å². The Balaban J connectivity index is 1.58. The van der Waals surface area contributed by atoms with Crippen LogP contribution >= 0.6 is 15.9 Å². The van der Waals surface area contributed by atoms with E-state index >= 15 is 0 Å². The highest BCUT2D eigenvalue weighted by molar-refractivity contribution is 9.10. The molecule has 1 aromatic carbocycles. The van der Waals surface area contributed by atoms with Crippen molar-refractivity contribution in [2.75, 3.05) is 11.9 Å². The highest BCUT2D eigenvalue weighted by Crippen LogP contribution is 2.41. The minimum Gasteiger partial charge on any atom is -0.380 e. The van der Waals surface area contributed by atoms with Gasteiger partial charge in [-0.3, -0.25) is 0 Å². The molecule has 1 unspecified atom stereocenters. The highest BCUT2D eigenvalue weighted by atomic mass is 79.9. The SMILES string of the molecule is Fc1cc(NCC2CCC3(CCCCC3)O2)c(F)cc1Br. The smallest absolute Gasteiger partial charge is 0.147 e. The number of halogens is 3. The molecule has 1 spiro atoms. The third kappa shape index (κ3) is 3.39. The zero-order chi connectivity index (χ0) is 14.9. The van der Waals surface area contributed by atoms with Gasteiger partial charge in [-0.05, 0) is 47.7 Å². The first-order chi connectivity index (χ1) is 10.1. The van der Waals surface area contributed by atoms with Crippen molar-refractivity contribution in [3.05, 3.63) is 28.2 Å². The zero-order valence-corrected chi connectivity index (χ0v) is 13.5. The van der Waals surface area contributed by atoms with Gasteiger partial charge >= 0.3 is 0 Å². The van der Waals surface area contributed by atoms with E-state index in [4.69, 9.17) is 4.74 Å². The maximum atomic E-state index is 13.8. The number of anilines is 1. The van der Waals surface area contributed by atoms with Gasteiger partial charge in [0.2, 0.25) is 0 Å². The molecule has 1 N–H and O–H groups in total. The molecule has 2 aliphatic rings. The minimum absolute atomic E-state index is 0.0636. The van der Waals surface area contributed by atoms with Crippen molar-refractivity contribution >= 4 is 21.6 Å². The Morgan fingerprint density at radius 1 is 1.14 bits per heavy atom. The van der Waals surface area contributed by atoms with Crippen LogP contribution in [0.15, 0.2) is 16.6 Å². The molecule has 2 nitrogen and oxygen atoms in total. The van der Waals surface area contributed by atoms with Gasteiger partial charge in [-0.15, -0.1) is 0 Å². The first kappa shape index (κ1) is 15.2. The van der Waals surface area contributed by atoms with Crippen LogP contribution in [0, 0.1) is 11.6 Å². The third-order valence-corrected chi connectivity index (χ3v) is 5.24. The normalized spacial score (nSPS) is 24.4. The van der Waals surface area contributed by atoms with Crippen molar-refractivity contribution in [2.45, 2.75) is 56.7 Å². The maximum Gasteiger partial charge on any atom is 0.147 e. The highest BCUT2D eigenvalue weighted by Gasteiger charge is 2.40. The number of hydrogen-bond donors (Lipinski definition) is 1. The average molecular weight is 360 g/mol. The van der Waals surface area contributed by atoms with Gasteiger partial charge in [0, 0.05) is 12.6 Å². The van der Waals surface area contributed by atoms with E-state index in [1.165, 1.54) is 25.3 Å². The molecule has 0 aromatic heterocycles. The molecule has 116 valence electrons. The Kier molecular flexibility index (Phi) is 4.50. The van der Waals surface area contributed by atoms with Crippen LogP contribution in [0.2, 0.25) is 0 Å². The summed E-state index contributed by atoms with van der Waals surface area (Å²) in [6.45, 7) is 0.528. The van der Waals surface area contributed by atoms with Gasteiger partial charge in [0.1, 0.15) is 11.6 Å². The van der Waals surface area contributed by atoms with Crippen molar-refractivity contribution in [1.29, 1.82) is 0 Å². The molecular weight excluding hydrogens is 340 g/mol. The number of nitrogens with one attached hydrogen (secondary N) is 1. The predicted octanol–water partition coefficient (Wildman–Crippen LogP) is 5.02. The van der Waals surface area contributed by atoms with Gasteiger partial charge in [0.05, 0.1) is 21.9 Å². The third-order valence-electron chi connectivity index (χ3n) is 4.63. The van der Waals surface area contributed by atoms with Crippen LogP contribution in [0.1, 0.15) is 44.9 Å². The summed E-state index contributed by atoms with van der Waals surface area (Å²) in [5.74, 6) is -0.913. The number of hydrogen-bond acceptors (Lipinski definition) is 2. The molecule has 0 radical (unpaired) electrons. The van der Waals surface area contributed by atoms with Gasteiger partial charge in [0.25, 0.3) is 0 Å². The van der Waals surface area contributed by atoms with Crippen molar-refractivity contribution in [3.63, 3.8) is 0 Å². The molecule has 1 atom stereocenters. The Labute approximate surface area is 132 Å². The minimum atomic E-state index is -0.463. The first-order valence-corrected chi connectivity index (χ1v) is 8.44. The van der Waals surface area contributed by atoms with Crippen LogP contribution in [-0.4, -0.2) is 18.2 Å². The lowest BCUT2D eigenvalue weighted by Gasteiger charge is -2.33. The fraction of sp³-hybridized carbons (Fsp3) is 0.625. The van der Waals surface area contributed by atoms with Gasteiger partial charge in [-0.25, -0.2) is 8.78 Å². The van der Waals surface area contributed by atoms with Crippen molar-refractivity contribution in [3.8, 4) is 0 Å². The summed E-state index contributed by atoms with van der Waals surface area (Å²) in [4.78, 5) is 0. The largest absolute Gasteiger partial charge is 0.380 e. The molecule has 0 bridgehead atoms. The molecule has 1 aliphatic heterocycles. The van der Waals surface area contributed by atoms with Crippen LogP contribution in [0.4, 0.5) is 14.5 Å². The van der Waals surface area contributed by atoms with Gasteiger partial charge in [-0.2, -0.15) is 0 Å². The Bertz CT molecular complexity index is 517. The van der Waals surface area contributed by atoms with Gasteiger partial charge in [0.15, 0.2) is 0 Å². The van der Waals surface area contributed by atoms with E-state index in [1.807, 2.05) is 0 Å². The lowest BCUT2D eigenvalue weighted by Crippen LogP contribution is -2.33. The summed E-state index contributed by atoms with van der Waals surface area (Å²) < 4.78 is 33.6. The summed E-state index contributed by atoms with van der Waals surface area (Å²) in [5.41, 5.74) is 0.262. The van der Waals surface area contributed by atoms with Crippen LogP contribution in [0.5, 0.6) is 0 Å². The molecule has 0 amide bonds. The van der Waals surface area contributed by atoms with Crippen LogP contribution in [-0.2, 0) is 4.74 Å². The summed E-state index contributed by atoms with van der Waals surface area (Å²) >= 11 is 2.98. The molecule has 1 aliphatic carbocycles. The molecular formula is C16H20BrF2NO. The lowest BCUT2D eigenvalue weighted by atomic mass is 9.83. The summed E-state index contributed by atoms with van der Waals surface area (Å²) in [6, 6.07) is 2.33. The van der Waals surface area contributed by atoms with Crippen LogP contribution in [0.25, 0.3) is 0 Å². The van der Waals surface area contributed by atoms with Gasteiger partial charge in [-0.1, -0.05) is 19.3 Å². The molecule has 1 saturated carbocycles. The monoisotopic (exact) mass is 359 g/mol. The van der Waals surface area contributed by atoms with E-state index in [0.717, 1.165) is 31.7 Å². The molecule has 3 rings (SSSR count). The number of ether oxygens (including phenoxy) is 1. The van der Waals surface area contributed by atoms with Crippen molar-refractivity contribution in [1.82, 2.24) is 0 Å². The Morgan fingerprint density at radius 2 is 1.90 bits per heavy atom. The second kappa shape index (κ2) is 6.21. The van der Waals surface area contributed by atoms with E-state index in [-0.39, 0.29) is 21.9 Å². The van der Waals surface area contributed by atoms with E-state index in [9.17, 15) is 8.78 Å². The second-order valence-electron chi connectivity index (χ2n) is 6.15. The number of rotatable bonds is 3. The fourth-order valence-electron chi connectivity index (χ4n) is 3.48. The molecule has 1 saturated heterocycles. The van der Waals surface area contributed by atoms with Crippen LogP contribution < -0.4 is 5.32 Å². The molecule has 1 aromatic rings. The molecule has 2 fully saturated rings. The van der Waals surface area contributed by atoms with E-state index < -0.39 is 11.6 Å². The fourth-order valence-corrected chi connectivity index (χ4v) is 3.80. The van der Waals surface area contributed by atoms with E-state index in [1.54, 1.807) is 0 Å². The summed E-state index contributed by atoms with van der Waals surface area (Å²) in [7, 11) is 0. The molecule has 5 heteroatoms. The Hall–Kier alpha value is -0.680. The standard InChI is InChI=1S/C16H20BrF2NO/c17-12-8-14(19)15(9-13(12)18)20-10-11-4-7-16(21-11)5-2-1-3-6-16/h8-9,11,20H,1-7,10H2. The second-order valence-corrected chi connectivity index (χ2v) is 7.00. The maximum absolute atomic E-state index is 13.8. The summed E-state index contributed by atoms with van der Waals surface area (Å²) in [6.07, 6.45) is 8.26. The van der Waals surface area contributed by atoms with Gasteiger partial charge < -0.3 is 10.1 Å². The lowest BCUT2D eigenvalue weighted by molar-refractivity contribution is -0.0588. The van der Waals surface area contributed by atoms with Crippen molar-refractivity contribution in [2.24, 2.45) is 0 Å².